The molecule has 3 atom stereocenters. The van der Waals surface area contributed by atoms with Gasteiger partial charge in [-0.15, -0.1) is 12.3 Å². The molecule has 1 N–H and O–H groups in total. The third kappa shape index (κ3) is 1.52. The fourth-order valence-corrected chi connectivity index (χ4v) is 1.55. The maximum atomic E-state index is 9.40. The average molecular weight is 138 g/mol. The van der Waals surface area contributed by atoms with E-state index in [9.17, 15) is 5.11 Å². The Hall–Kier alpha value is -0.480. The Labute approximate surface area is 62.4 Å². The van der Waals surface area contributed by atoms with Gasteiger partial charge in [-0.25, -0.2) is 0 Å². The molecule has 1 heteroatoms. The lowest BCUT2D eigenvalue weighted by molar-refractivity contribution is 0.0745. The summed E-state index contributed by atoms with van der Waals surface area (Å²) in [6.07, 6.45) is 8.04. The van der Waals surface area contributed by atoms with Gasteiger partial charge in [-0.2, -0.15) is 0 Å². The summed E-state index contributed by atoms with van der Waals surface area (Å²) < 4.78 is 0. The van der Waals surface area contributed by atoms with Crippen molar-refractivity contribution in [2.45, 2.75) is 32.3 Å². The molecule has 0 amide bonds. The van der Waals surface area contributed by atoms with Crippen LogP contribution in [-0.4, -0.2) is 11.2 Å². The zero-order valence-electron chi connectivity index (χ0n) is 6.38. The highest BCUT2D eigenvalue weighted by Gasteiger charge is 2.24. The van der Waals surface area contributed by atoms with Crippen molar-refractivity contribution in [2.24, 2.45) is 11.8 Å². The fraction of sp³-hybridized carbons (Fsp3) is 0.778. The highest BCUT2D eigenvalue weighted by atomic mass is 16.3. The Bertz CT molecular complexity index is 145. The first-order valence-electron chi connectivity index (χ1n) is 3.88. The van der Waals surface area contributed by atoms with Gasteiger partial charge in [-0.3, -0.25) is 0 Å². The van der Waals surface area contributed by atoms with Crippen LogP contribution in [0.2, 0.25) is 0 Å². The molecule has 0 aromatic rings. The molecule has 2 unspecified atom stereocenters. The highest BCUT2D eigenvalue weighted by Crippen LogP contribution is 2.27. The van der Waals surface area contributed by atoms with Gasteiger partial charge in [0.2, 0.25) is 0 Å². The van der Waals surface area contributed by atoms with Crippen molar-refractivity contribution < 1.29 is 5.11 Å². The summed E-state index contributed by atoms with van der Waals surface area (Å²) in [5.41, 5.74) is 0. The molecule has 0 spiro atoms. The Morgan fingerprint density at radius 2 is 2.20 bits per heavy atom. The van der Waals surface area contributed by atoms with E-state index in [0.29, 0.717) is 5.92 Å². The normalized spacial score (nSPS) is 40.7. The molecule has 0 aromatic carbocycles. The van der Waals surface area contributed by atoms with Gasteiger partial charge < -0.3 is 5.11 Å². The molecule has 56 valence electrons. The molecule has 1 nitrogen and oxygen atoms in total. The van der Waals surface area contributed by atoms with E-state index < -0.39 is 0 Å². The molecule has 0 aliphatic heterocycles. The van der Waals surface area contributed by atoms with Gasteiger partial charge in [0.15, 0.2) is 0 Å². The number of hydrogen-bond acceptors (Lipinski definition) is 1. The van der Waals surface area contributed by atoms with Crippen LogP contribution < -0.4 is 0 Å². The molecule has 0 radical (unpaired) electrons. The van der Waals surface area contributed by atoms with Crippen LogP contribution in [0.15, 0.2) is 0 Å². The maximum Gasteiger partial charge on any atom is 0.0680 e. The van der Waals surface area contributed by atoms with Gasteiger partial charge in [-0.05, 0) is 25.2 Å². The lowest BCUT2D eigenvalue weighted by Gasteiger charge is -2.27. The SMILES string of the molecule is C#CC1CC[C@@H](C)CC1O. The monoisotopic (exact) mass is 138 g/mol. The molecule has 0 saturated heterocycles. The Balaban J connectivity index is 2.45. The average Bonchev–Trinajstić information content (AvgIpc) is 1.88. The van der Waals surface area contributed by atoms with Crippen molar-refractivity contribution in [3.63, 3.8) is 0 Å². The van der Waals surface area contributed by atoms with Crippen LogP contribution in [-0.2, 0) is 0 Å². The van der Waals surface area contributed by atoms with Crippen LogP contribution in [0.4, 0.5) is 0 Å². The smallest absolute Gasteiger partial charge is 0.0680 e. The zero-order chi connectivity index (χ0) is 7.56. The fourth-order valence-electron chi connectivity index (χ4n) is 1.55. The molecule has 1 aliphatic carbocycles. The number of terminal acetylenes is 1. The number of rotatable bonds is 0. The third-order valence-corrected chi connectivity index (χ3v) is 2.29. The molecule has 1 rings (SSSR count). The van der Waals surface area contributed by atoms with E-state index in [4.69, 9.17) is 6.42 Å². The quantitative estimate of drug-likeness (QED) is 0.502. The second-order valence-corrected chi connectivity index (χ2v) is 3.26. The van der Waals surface area contributed by atoms with Gasteiger partial charge in [0.1, 0.15) is 0 Å². The minimum atomic E-state index is -0.242. The van der Waals surface area contributed by atoms with Crippen molar-refractivity contribution in [3.05, 3.63) is 0 Å². The Morgan fingerprint density at radius 3 is 2.70 bits per heavy atom. The molecular formula is C9H14O. The topological polar surface area (TPSA) is 20.2 Å². The molecule has 1 fully saturated rings. The van der Waals surface area contributed by atoms with Gasteiger partial charge in [0, 0.05) is 5.92 Å². The largest absolute Gasteiger partial charge is 0.392 e. The van der Waals surface area contributed by atoms with Crippen molar-refractivity contribution >= 4 is 0 Å². The van der Waals surface area contributed by atoms with Crippen molar-refractivity contribution in [2.75, 3.05) is 0 Å². The molecule has 10 heavy (non-hydrogen) atoms. The molecule has 0 bridgehead atoms. The van der Waals surface area contributed by atoms with Gasteiger partial charge in [0.05, 0.1) is 6.10 Å². The van der Waals surface area contributed by atoms with E-state index in [1.165, 1.54) is 6.42 Å². The van der Waals surface area contributed by atoms with Crippen LogP contribution in [0.3, 0.4) is 0 Å². The summed E-state index contributed by atoms with van der Waals surface area (Å²) in [6.45, 7) is 2.16. The van der Waals surface area contributed by atoms with Crippen LogP contribution >= 0.6 is 0 Å². The van der Waals surface area contributed by atoms with Gasteiger partial charge >= 0.3 is 0 Å². The van der Waals surface area contributed by atoms with E-state index in [0.717, 1.165) is 12.8 Å². The predicted molar refractivity (Wildman–Crippen MR) is 41.3 cm³/mol. The third-order valence-electron chi connectivity index (χ3n) is 2.29. The summed E-state index contributed by atoms with van der Waals surface area (Å²) in [7, 11) is 0. The first-order valence-corrected chi connectivity index (χ1v) is 3.88. The number of aliphatic hydroxyl groups is 1. The summed E-state index contributed by atoms with van der Waals surface area (Å²) in [6, 6.07) is 0. The number of aliphatic hydroxyl groups excluding tert-OH is 1. The van der Waals surface area contributed by atoms with E-state index in [2.05, 4.69) is 12.8 Å². The second-order valence-electron chi connectivity index (χ2n) is 3.26. The van der Waals surface area contributed by atoms with Crippen LogP contribution in [0.25, 0.3) is 0 Å². The van der Waals surface area contributed by atoms with Crippen LogP contribution in [0.5, 0.6) is 0 Å². The standard InChI is InChI=1S/C9H14O/c1-3-8-5-4-7(2)6-9(8)10/h1,7-10H,4-6H2,2H3/t7-,8?,9?/m1/s1. The van der Waals surface area contributed by atoms with E-state index in [1.54, 1.807) is 0 Å². The Kier molecular flexibility index (Phi) is 2.34. The lowest BCUT2D eigenvalue weighted by atomic mass is 9.81. The van der Waals surface area contributed by atoms with Crippen molar-refractivity contribution in [1.29, 1.82) is 0 Å². The summed E-state index contributed by atoms with van der Waals surface area (Å²) in [5.74, 6) is 3.40. The van der Waals surface area contributed by atoms with Crippen LogP contribution in [0.1, 0.15) is 26.2 Å². The first kappa shape index (κ1) is 7.63. The van der Waals surface area contributed by atoms with Crippen molar-refractivity contribution in [1.82, 2.24) is 0 Å². The predicted octanol–water partition coefficient (Wildman–Crippen LogP) is 1.42. The minimum Gasteiger partial charge on any atom is -0.392 e. The summed E-state index contributed by atoms with van der Waals surface area (Å²) in [4.78, 5) is 0. The molecule has 1 aliphatic rings. The van der Waals surface area contributed by atoms with Gasteiger partial charge in [0.25, 0.3) is 0 Å². The number of hydrogen-bond donors (Lipinski definition) is 1. The summed E-state index contributed by atoms with van der Waals surface area (Å²) in [5, 5.41) is 9.40. The van der Waals surface area contributed by atoms with Crippen LogP contribution in [0, 0.1) is 24.2 Å². The summed E-state index contributed by atoms with van der Waals surface area (Å²) >= 11 is 0. The molecule has 0 aromatic heterocycles. The van der Waals surface area contributed by atoms with E-state index in [1.807, 2.05) is 0 Å². The zero-order valence-corrected chi connectivity index (χ0v) is 6.38. The van der Waals surface area contributed by atoms with E-state index >= 15 is 0 Å². The second kappa shape index (κ2) is 3.07. The Morgan fingerprint density at radius 1 is 1.50 bits per heavy atom. The molecular weight excluding hydrogens is 124 g/mol. The first-order chi connectivity index (χ1) is 4.74. The minimum absolute atomic E-state index is 0.121. The van der Waals surface area contributed by atoms with E-state index in [-0.39, 0.29) is 12.0 Å². The lowest BCUT2D eigenvalue weighted by Crippen LogP contribution is -2.26. The van der Waals surface area contributed by atoms with Gasteiger partial charge in [-0.1, -0.05) is 6.92 Å². The highest BCUT2D eigenvalue weighted by molar-refractivity contribution is 4.98. The molecule has 0 heterocycles. The van der Waals surface area contributed by atoms with Crippen molar-refractivity contribution in [3.8, 4) is 12.3 Å². The maximum absolute atomic E-state index is 9.40. The molecule has 1 saturated carbocycles.